The Balaban J connectivity index is 2.36. The predicted molar refractivity (Wildman–Crippen MR) is 68.9 cm³/mol. The quantitative estimate of drug-likeness (QED) is 0.880. The molecule has 0 bridgehead atoms. The minimum Gasteiger partial charge on any atom is -0.330 e. The zero-order valence-electron chi connectivity index (χ0n) is 9.95. The molecule has 16 heavy (non-hydrogen) atoms. The number of aromatic nitrogens is 2. The van der Waals surface area contributed by atoms with Gasteiger partial charge in [0.1, 0.15) is 5.82 Å². The highest BCUT2D eigenvalue weighted by atomic mass is 32.1. The minimum atomic E-state index is 0.966. The normalized spacial score (nSPS) is 10.9. The van der Waals surface area contributed by atoms with Crippen LogP contribution in [-0.2, 0) is 13.5 Å². The summed E-state index contributed by atoms with van der Waals surface area (Å²) in [6.07, 6.45) is 0.971. The number of hydrogen-bond acceptors (Lipinski definition) is 3. The number of nitrogens with one attached hydrogen (secondary N) is 1. The molecule has 0 aliphatic heterocycles. The molecular weight excluding hydrogens is 218 g/mol. The summed E-state index contributed by atoms with van der Waals surface area (Å²) in [5.41, 5.74) is 2.37. The average molecular weight is 235 g/mol. The van der Waals surface area contributed by atoms with Crippen LogP contribution in [-0.4, -0.2) is 23.1 Å². The molecule has 0 saturated heterocycles. The van der Waals surface area contributed by atoms with E-state index in [1.54, 1.807) is 11.3 Å². The van der Waals surface area contributed by atoms with Crippen molar-refractivity contribution in [2.75, 3.05) is 13.6 Å². The van der Waals surface area contributed by atoms with Crippen molar-refractivity contribution < 1.29 is 0 Å². The molecular formula is C12H17N3S. The third-order valence-corrected chi connectivity index (χ3v) is 3.59. The Bertz CT molecular complexity index is 457. The average Bonchev–Trinajstić information content (AvgIpc) is 2.85. The lowest BCUT2D eigenvalue weighted by Crippen LogP contribution is -2.13. The molecule has 0 aliphatic carbocycles. The Morgan fingerprint density at radius 1 is 1.50 bits per heavy atom. The van der Waals surface area contributed by atoms with Crippen molar-refractivity contribution in [1.82, 2.24) is 14.9 Å². The van der Waals surface area contributed by atoms with E-state index in [4.69, 9.17) is 0 Å². The first-order valence-electron chi connectivity index (χ1n) is 5.44. The van der Waals surface area contributed by atoms with Gasteiger partial charge in [0.05, 0.1) is 16.3 Å². The highest BCUT2D eigenvalue weighted by molar-refractivity contribution is 7.13. The highest BCUT2D eigenvalue weighted by Gasteiger charge is 2.13. The number of thiophene rings is 1. The lowest BCUT2D eigenvalue weighted by atomic mass is 10.3. The van der Waals surface area contributed by atoms with E-state index < -0.39 is 0 Å². The van der Waals surface area contributed by atoms with Gasteiger partial charge in [0.15, 0.2) is 0 Å². The summed E-state index contributed by atoms with van der Waals surface area (Å²) >= 11 is 1.77. The van der Waals surface area contributed by atoms with E-state index in [1.165, 1.54) is 10.6 Å². The van der Waals surface area contributed by atoms with E-state index in [-0.39, 0.29) is 0 Å². The van der Waals surface area contributed by atoms with Gasteiger partial charge in [0.25, 0.3) is 0 Å². The van der Waals surface area contributed by atoms with Crippen molar-refractivity contribution in [2.24, 2.45) is 7.05 Å². The van der Waals surface area contributed by atoms with E-state index in [0.717, 1.165) is 24.5 Å². The number of aryl methyl sites for hydroxylation is 1. The highest BCUT2D eigenvalue weighted by Crippen LogP contribution is 2.28. The maximum atomic E-state index is 4.63. The van der Waals surface area contributed by atoms with E-state index >= 15 is 0 Å². The fraction of sp³-hybridized carbons (Fsp3) is 0.417. The summed E-state index contributed by atoms with van der Waals surface area (Å²) in [7, 11) is 4.07. The number of hydrogen-bond donors (Lipinski definition) is 1. The molecule has 0 radical (unpaired) electrons. The van der Waals surface area contributed by atoms with Crippen molar-refractivity contribution >= 4 is 11.3 Å². The molecule has 4 heteroatoms. The molecule has 0 spiro atoms. The lowest BCUT2D eigenvalue weighted by Gasteiger charge is -2.04. The Labute approximate surface area is 100 Å². The van der Waals surface area contributed by atoms with Gasteiger partial charge in [-0.3, -0.25) is 0 Å². The van der Waals surface area contributed by atoms with E-state index in [0.29, 0.717) is 0 Å². The van der Waals surface area contributed by atoms with E-state index in [1.807, 2.05) is 7.05 Å². The van der Waals surface area contributed by atoms with Gasteiger partial charge in [-0.15, -0.1) is 11.3 Å². The summed E-state index contributed by atoms with van der Waals surface area (Å²) < 4.78 is 2.21. The van der Waals surface area contributed by atoms with Crippen LogP contribution in [0, 0.1) is 6.92 Å². The van der Waals surface area contributed by atoms with Crippen LogP contribution in [0.3, 0.4) is 0 Å². The van der Waals surface area contributed by atoms with Crippen LogP contribution in [0.4, 0.5) is 0 Å². The number of likely N-dealkylation sites (N-methyl/N-ethyl adjacent to an activating group) is 1. The fourth-order valence-electron chi connectivity index (χ4n) is 1.91. The molecule has 2 rings (SSSR count). The van der Waals surface area contributed by atoms with Gasteiger partial charge in [-0.1, -0.05) is 6.07 Å². The third kappa shape index (κ3) is 2.03. The summed E-state index contributed by atoms with van der Waals surface area (Å²) in [5, 5.41) is 5.26. The van der Waals surface area contributed by atoms with E-state index in [2.05, 4.69) is 46.4 Å². The largest absolute Gasteiger partial charge is 0.330 e. The van der Waals surface area contributed by atoms with Crippen molar-refractivity contribution in [2.45, 2.75) is 13.3 Å². The minimum absolute atomic E-state index is 0.966. The second kappa shape index (κ2) is 4.80. The van der Waals surface area contributed by atoms with E-state index in [9.17, 15) is 0 Å². The number of rotatable bonds is 4. The van der Waals surface area contributed by atoms with Crippen molar-refractivity contribution in [1.29, 1.82) is 0 Å². The first-order chi connectivity index (χ1) is 7.74. The number of nitrogens with zero attached hydrogens (tertiary/aromatic N) is 2. The van der Waals surface area contributed by atoms with Crippen molar-refractivity contribution in [3.05, 3.63) is 29.0 Å². The Morgan fingerprint density at radius 2 is 2.31 bits per heavy atom. The molecule has 0 saturated carbocycles. The maximum Gasteiger partial charge on any atom is 0.110 e. The van der Waals surface area contributed by atoms with Crippen LogP contribution in [0.15, 0.2) is 17.5 Å². The first-order valence-corrected chi connectivity index (χ1v) is 6.32. The summed E-state index contributed by atoms with van der Waals surface area (Å²) in [4.78, 5) is 5.93. The molecule has 0 atom stereocenters. The maximum absolute atomic E-state index is 4.63. The van der Waals surface area contributed by atoms with Gasteiger partial charge < -0.3 is 9.88 Å². The lowest BCUT2D eigenvalue weighted by molar-refractivity contribution is 0.720. The molecule has 1 N–H and O–H groups in total. The SMILES string of the molecule is CNCCc1nc(C)c(-c2cccs2)n1C. The molecule has 2 aromatic rings. The zero-order valence-corrected chi connectivity index (χ0v) is 10.8. The fourth-order valence-corrected chi connectivity index (χ4v) is 2.77. The molecule has 2 aromatic heterocycles. The molecule has 0 amide bonds. The van der Waals surface area contributed by atoms with Gasteiger partial charge in [-0.2, -0.15) is 0 Å². The molecule has 86 valence electrons. The molecule has 0 aromatic carbocycles. The van der Waals surface area contributed by atoms with Crippen LogP contribution >= 0.6 is 11.3 Å². The summed E-state index contributed by atoms with van der Waals surface area (Å²) in [6, 6.07) is 4.23. The van der Waals surface area contributed by atoms with Crippen LogP contribution < -0.4 is 5.32 Å². The van der Waals surface area contributed by atoms with Gasteiger partial charge >= 0.3 is 0 Å². The standard InChI is InChI=1S/C12H17N3S/c1-9-12(10-5-4-8-16-10)15(3)11(14-9)6-7-13-2/h4-5,8,13H,6-7H2,1-3H3. The van der Waals surface area contributed by atoms with Gasteiger partial charge in [0.2, 0.25) is 0 Å². The van der Waals surface area contributed by atoms with Gasteiger partial charge in [-0.05, 0) is 25.4 Å². The van der Waals surface area contributed by atoms with Crippen LogP contribution in [0.2, 0.25) is 0 Å². The monoisotopic (exact) mass is 235 g/mol. The van der Waals surface area contributed by atoms with Crippen LogP contribution in [0.25, 0.3) is 10.6 Å². The van der Waals surface area contributed by atoms with Crippen molar-refractivity contribution in [3.8, 4) is 10.6 Å². The zero-order chi connectivity index (χ0) is 11.5. The predicted octanol–water partition coefficient (Wildman–Crippen LogP) is 2.22. The Hall–Kier alpha value is -1.13. The molecule has 0 fully saturated rings. The molecule has 2 heterocycles. The van der Waals surface area contributed by atoms with Gasteiger partial charge in [-0.25, -0.2) is 4.98 Å². The first kappa shape index (κ1) is 11.4. The molecule has 0 unspecified atom stereocenters. The van der Waals surface area contributed by atoms with Crippen LogP contribution in [0.5, 0.6) is 0 Å². The Kier molecular flexibility index (Phi) is 3.41. The smallest absolute Gasteiger partial charge is 0.110 e. The topological polar surface area (TPSA) is 29.9 Å². The number of imidazole rings is 1. The second-order valence-electron chi connectivity index (χ2n) is 3.85. The Morgan fingerprint density at radius 3 is 2.94 bits per heavy atom. The summed E-state index contributed by atoms with van der Waals surface area (Å²) in [6.45, 7) is 3.05. The molecule has 0 aliphatic rings. The molecule has 3 nitrogen and oxygen atoms in total. The second-order valence-corrected chi connectivity index (χ2v) is 4.80. The van der Waals surface area contributed by atoms with Crippen molar-refractivity contribution in [3.63, 3.8) is 0 Å². The summed E-state index contributed by atoms with van der Waals surface area (Å²) in [5.74, 6) is 1.15. The van der Waals surface area contributed by atoms with Crippen LogP contribution in [0.1, 0.15) is 11.5 Å². The van der Waals surface area contributed by atoms with Gasteiger partial charge in [0, 0.05) is 20.0 Å². The third-order valence-electron chi connectivity index (χ3n) is 2.72.